The van der Waals surface area contributed by atoms with Gasteiger partial charge in [0.15, 0.2) is 0 Å². The third-order valence-corrected chi connectivity index (χ3v) is 7.29. The van der Waals surface area contributed by atoms with Crippen molar-refractivity contribution in [2.75, 3.05) is 18.4 Å². The van der Waals surface area contributed by atoms with Gasteiger partial charge in [-0.2, -0.15) is 13.2 Å². The molecule has 1 saturated heterocycles. The molecule has 0 spiro atoms. The van der Waals surface area contributed by atoms with Crippen LogP contribution in [0.15, 0.2) is 48.7 Å². The molecule has 1 aromatic heterocycles. The lowest BCUT2D eigenvalue weighted by Crippen LogP contribution is -2.62. The third-order valence-electron chi connectivity index (χ3n) is 7.29. The van der Waals surface area contributed by atoms with Gasteiger partial charge >= 0.3 is 12.3 Å². The van der Waals surface area contributed by atoms with E-state index >= 15 is 0 Å². The molecule has 2 amide bonds. The smallest absolute Gasteiger partial charge is 0.416 e. The second-order valence-electron chi connectivity index (χ2n) is 11.8. The molecule has 2 aliphatic rings. The number of hydrogen-bond acceptors (Lipinski definition) is 4. The molecule has 2 N–H and O–H groups in total. The standard InChI is InChI=1S/C29H32F3N3O4/c1-27(2,3)39-26(37)35-15-28(4,16-35)25(36)34-24-14-33-23-10-9-20(13-22(23)24)38-21-11-18(12-21)17-5-7-19(8-6-17)29(30,31)32/h5-10,13-14,18,21,33H,11-12,15-16H2,1-4H3,(H,34,36)/t18-,21-. The van der Waals surface area contributed by atoms with Crippen LogP contribution in [0.5, 0.6) is 5.75 Å². The van der Waals surface area contributed by atoms with Crippen molar-refractivity contribution >= 4 is 28.6 Å². The number of likely N-dealkylation sites (tertiary alicyclic amines) is 1. The Kier molecular flexibility index (Phi) is 6.55. The van der Waals surface area contributed by atoms with E-state index in [1.165, 1.54) is 4.90 Å². The average Bonchev–Trinajstić information content (AvgIpc) is 3.19. The number of alkyl halides is 3. The summed E-state index contributed by atoms with van der Waals surface area (Å²) in [5.41, 5.74) is 0.360. The third kappa shape index (κ3) is 5.69. The summed E-state index contributed by atoms with van der Waals surface area (Å²) in [5.74, 6) is 0.624. The van der Waals surface area contributed by atoms with Gasteiger partial charge in [-0.25, -0.2) is 4.79 Å². The second-order valence-corrected chi connectivity index (χ2v) is 11.8. The van der Waals surface area contributed by atoms with E-state index in [2.05, 4.69) is 10.3 Å². The highest BCUT2D eigenvalue weighted by molar-refractivity contribution is 6.04. The molecular formula is C29H32F3N3O4. The average molecular weight is 544 g/mol. The molecule has 2 fully saturated rings. The Morgan fingerprint density at radius 1 is 1.05 bits per heavy atom. The fourth-order valence-corrected chi connectivity index (χ4v) is 5.02. The lowest BCUT2D eigenvalue weighted by molar-refractivity contribution is -0.137. The first kappa shape index (κ1) is 26.9. The number of anilines is 1. The first-order valence-electron chi connectivity index (χ1n) is 12.9. The number of aromatic amines is 1. The van der Waals surface area contributed by atoms with Gasteiger partial charge in [0, 0.05) is 30.2 Å². The second kappa shape index (κ2) is 9.50. The zero-order valence-corrected chi connectivity index (χ0v) is 22.3. The van der Waals surface area contributed by atoms with Crippen molar-refractivity contribution in [3.63, 3.8) is 0 Å². The quantitative estimate of drug-likeness (QED) is 0.375. The molecule has 0 radical (unpaired) electrons. The van der Waals surface area contributed by atoms with Crippen LogP contribution in [0.2, 0.25) is 0 Å². The molecule has 2 aromatic carbocycles. The van der Waals surface area contributed by atoms with Gasteiger partial charge in [0.2, 0.25) is 5.91 Å². The fourth-order valence-electron chi connectivity index (χ4n) is 5.02. The molecule has 1 aliphatic carbocycles. The maximum atomic E-state index is 13.1. The zero-order chi connectivity index (χ0) is 28.2. The molecule has 208 valence electrons. The predicted molar refractivity (Wildman–Crippen MR) is 141 cm³/mol. The minimum absolute atomic E-state index is 0.0422. The molecule has 3 aromatic rings. The van der Waals surface area contributed by atoms with Crippen molar-refractivity contribution < 1.29 is 32.2 Å². The van der Waals surface area contributed by atoms with E-state index < -0.39 is 28.8 Å². The summed E-state index contributed by atoms with van der Waals surface area (Å²) in [7, 11) is 0. The van der Waals surface area contributed by atoms with Crippen molar-refractivity contribution in [3.05, 3.63) is 59.8 Å². The first-order valence-corrected chi connectivity index (χ1v) is 12.9. The fraction of sp³-hybridized carbons (Fsp3) is 0.448. The summed E-state index contributed by atoms with van der Waals surface area (Å²) in [6.45, 7) is 7.76. The van der Waals surface area contributed by atoms with Gasteiger partial charge in [0.05, 0.1) is 22.8 Å². The van der Waals surface area contributed by atoms with Gasteiger partial charge < -0.3 is 24.7 Å². The summed E-state index contributed by atoms with van der Waals surface area (Å²) < 4.78 is 50.0. The molecule has 2 heterocycles. The number of halogens is 3. The number of nitrogens with zero attached hydrogens (tertiary/aromatic N) is 1. The maximum Gasteiger partial charge on any atom is 0.416 e. The molecule has 39 heavy (non-hydrogen) atoms. The van der Waals surface area contributed by atoms with E-state index in [1.807, 2.05) is 25.1 Å². The number of fused-ring (bicyclic) bond motifs is 1. The molecule has 1 aliphatic heterocycles. The molecule has 0 bridgehead atoms. The number of carbonyl (C=O) groups excluding carboxylic acids is 2. The summed E-state index contributed by atoms with van der Waals surface area (Å²) in [6.07, 6.45) is -1.66. The Balaban J connectivity index is 1.17. The van der Waals surface area contributed by atoms with E-state index in [4.69, 9.17) is 9.47 Å². The Bertz CT molecular complexity index is 1380. The summed E-state index contributed by atoms with van der Waals surface area (Å²) in [5, 5.41) is 3.78. The van der Waals surface area contributed by atoms with Crippen LogP contribution >= 0.6 is 0 Å². The summed E-state index contributed by atoms with van der Waals surface area (Å²) in [4.78, 5) is 30.0. The van der Waals surface area contributed by atoms with Gasteiger partial charge in [0.25, 0.3) is 0 Å². The van der Waals surface area contributed by atoms with Crippen LogP contribution in [0.25, 0.3) is 10.9 Å². The normalized spacial score (nSPS) is 20.6. The Morgan fingerprint density at radius 3 is 2.33 bits per heavy atom. The highest BCUT2D eigenvalue weighted by Crippen LogP contribution is 2.41. The van der Waals surface area contributed by atoms with E-state index in [0.29, 0.717) is 24.3 Å². The molecule has 5 rings (SSSR count). The topological polar surface area (TPSA) is 83.7 Å². The number of amides is 2. The minimum atomic E-state index is -4.34. The van der Waals surface area contributed by atoms with E-state index in [9.17, 15) is 22.8 Å². The predicted octanol–water partition coefficient (Wildman–Crippen LogP) is 6.71. The number of H-pyrrole nitrogens is 1. The van der Waals surface area contributed by atoms with Gasteiger partial charge in [-0.15, -0.1) is 0 Å². The molecule has 1 saturated carbocycles. The first-order chi connectivity index (χ1) is 18.2. The molecule has 0 unspecified atom stereocenters. The Hall–Kier alpha value is -3.69. The van der Waals surface area contributed by atoms with Crippen LogP contribution in [-0.2, 0) is 15.7 Å². The lowest BCUT2D eigenvalue weighted by Gasteiger charge is -2.46. The number of nitrogens with one attached hydrogen (secondary N) is 2. The SMILES string of the molecule is CC(C)(C)OC(=O)N1CC(C)(C(=O)Nc2c[nH]c3ccc(O[C@H]4C[C@H](c5ccc(C(F)(F)F)cc5)C4)cc23)C1. The number of ether oxygens (including phenoxy) is 2. The van der Waals surface area contributed by atoms with Crippen molar-refractivity contribution in [1.82, 2.24) is 9.88 Å². The summed E-state index contributed by atoms with van der Waals surface area (Å²) in [6, 6.07) is 10.9. The van der Waals surface area contributed by atoms with Crippen LogP contribution in [-0.4, -0.2) is 46.7 Å². The number of rotatable bonds is 5. The molecule has 7 nitrogen and oxygen atoms in total. The van der Waals surface area contributed by atoms with Crippen LogP contribution in [0, 0.1) is 5.41 Å². The van der Waals surface area contributed by atoms with Crippen molar-refractivity contribution in [2.24, 2.45) is 5.41 Å². The van der Waals surface area contributed by atoms with E-state index in [-0.39, 0.29) is 31.0 Å². The molecule has 10 heteroatoms. The number of aromatic nitrogens is 1. The van der Waals surface area contributed by atoms with Crippen molar-refractivity contribution in [2.45, 2.75) is 64.3 Å². The van der Waals surface area contributed by atoms with Crippen molar-refractivity contribution in [3.8, 4) is 5.75 Å². The highest BCUT2D eigenvalue weighted by Gasteiger charge is 2.48. The van der Waals surface area contributed by atoms with Crippen LogP contribution < -0.4 is 10.1 Å². The zero-order valence-electron chi connectivity index (χ0n) is 22.3. The van der Waals surface area contributed by atoms with Crippen LogP contribution in [0.3, 0.4) is 0 Å². The lowest BCUT2D eigenvalue weighted by atomic mass is 9.77. The maximum absolute atomic E-state index is 13.1. The summed E-state index contributed by atoms with van der Waals surface area (Å²) >= 11 is 0. The van der Waals surface area contributed by atoms with Crippen molar-refractivity contribution in [1.29, 1.82) is 0 Å². The van der Waals surface area contributed by atoms with Gasteiger partial charge in [-0.3, -0.25) is 4.79 Å². The van der Waals surface area contributed by atoms with Crippen LogP contribution in [0.1, 0.15) is 57.6 Å². The number of benzene rings is 2. The number of hydrogen-bond donors (Lipinski definition) is 2. The molecule has 0 atom stereocenters. The Morgan fingerprint density at radius 2 is 1.72 bits per heavy atom. The molecular weight excluding hydrogens is 511 g/mol. The van der Waals surface area contributed by atoms with E-state index in [0.717, 1.165) is 28.6 Å². The van der Waals surface area contributed by atoms with Crippen LogP contribution in [0.4, 0.5) is 23.7 Å². The Labute approximate surface area is 224 Å². The van der Waals surface area contributed by atoms with Gasteiger partial charge in [0.1, 0.15) is 11.4 Å². The minimum Gasteiger partial charge on any atom is -0.490 e. The van der Waals surface area contributed by atoms with Gasteiger partial charge in [-0.1, -0.05) is 12.1 Å². The number of carbonyl (C=O) groups is 2. The largest absolute Gasteiger partial charge is 0.490 e. The van der Waals surface area contributed by atoms with Gasteiger partial charge in [-0.05, 0) is 82.3 Å². The monoisotopic (exact) mass is 543 g/mol. The van der Waals surface area contributed by atoms with E-state index in [1.54, 1.807) is 39.1 Å². The highest BCUT2D eigenvalue weighted by atomic mass is 19.4.